The molecule has 140 valence electrons. The molecule has 0 aliphatic heterocycles. The second kappa shape index (κ2) is 11.7. The normalized spacial score (nSPS) is 12.9. The molecular weight excluding hydrogens is 417 g/mol. The fourth-order valence-electron chi connectivity index (χ4n) is 2.50. The van der Waals surface area contributed by atoms with Crippen molar-refractivity contribution in [3.8, 4) is 0 Å². The Morgan fingerprint density at radius 1 is 1.29 bits per heavy atom. The van der Waals surface area contributed by atoms with Gasteiger partial charge in [-0.25, -0.2) is 0 Å². The monoisotopic (exact) mass is 451 g/mol. The van der Waals surface area contributed by atoms with E-state index in [0.717, 1.165) is 37.6 Å². The molecule has 2 N–H and O–H groups in total. The van der Waals surface area contributed by atoms with Crippen LogP contribution in [-0.2, 0) is 18.2 Å². The molecule has 1 unspecified atom stereocenters. The molecule has 0 radical (unpaired) electrons. The molecule has 0 saturated carbocycles. The Hall–Kier alpha value is -0.830. The van der Waals surface area contributed by atoms with Crippen molar-refractivity contribution < 1.29 is 4.74 Å². The average Bonchev–Trinajstić information content (AvgIpc) is 2.71. The van der Waals surface area contributed by atoms with Crippen LogP contribution in [-0.4, -0.2) is 48.1 Å². The van der Waals surface area contributed by atoms with E-state index in [0.29, 0.717) is 6.10 Å². The molecule has 7 heteroatoms. The number of aromatic nitrogens is 2. The molecule has 6 nitrogen and oxygen atoms in total. The van der Waals surface area contributed by atoms with E-state index in [-0.39, 0.29) is 30.0 Å². The van der Waals surface area contributed by atoms with Gasteiger partial charge in [-0.3, -0.25) is 9.67 Å². The van der Waals surface area contributed by atoms with E-state index in [1.54, 1.807) is 7.05 Å². The number of nitrogens with zero attached hydrogens (tertiary/aromatic N) is 3. The van der Waals surface area contributed by atoms with Gasteiger partial charge in [-0.1, -0.05) is 0 Å². The smallest absolute Gasteiger partial charge is 0.191 e. The minimum atomic E-state index is 0. The molecular formula is C17H34IN5O. The fourth-order valence-corrected chi connectivity index (χ4v) is 2.50. The molecule has 1 aromatic heterocycles. The number of hydrogen-bond acceptors (Lipinski definition) is 3. The summed E-state index contributed by atoms with van der Waals surface area (Å²) >= 11 is 0. The van der Waals surface area contributed by atoms with E-state index >= 15 is 0 Å². The predicted molar refractivity (Wildman–Crippen MR) is 111 cm³/mol. The molecule has 0 aromatic carbocycles. The summed E-state index contributed by atoms with van der Waals surface area (Å²) < 4.78 is 7.48. The zero-order valence-electron chi connectivity index (χ0n) is 16.1. The molecule has 1 aromatic rings. The van der Waals surface area contributed by atoms with Gasteiger partial charge in [0.15, 0.2) is 5.96 Å². The number of aryl methyl sites for hydroxylation is 2. The summed E-state index contributed by atoms with van der Waals surface area (Å²) in [5.74, 6) is 0.834. The van der Waals surface area contributed by atoms with Crippen molar-refractivity contribution in [2.45, 2.75) is 59.6 Å². The highest BCUT2D eigenvalue weighted by Crippen LogP contribution is 2.14. The van der Waals surface area contributed by atoms with Gasteiger partial charge < -0.3 is 15.4 Å². The molecule has 0 aliphatic rings. The fraction of sp³-hybridized carbons (Fsp3) is 0.765. The molecule has 1 rings (SSSR count). The zero-order valence-corrected chi connectivity index (χ0v) is 18.5. The van der Waals surface area contributed by atoms with Crippen molar-refractivity contribution in [2.24, 2.45) is 12.0 Å². The van der Waals surface area contributed by atoms with E-state index in [9.17, 15) is 0 Å². The van der Waals surface area contributed by atoms with Crippen LogP contribution in [0.3, 0.4) is 0 Å². The van der Waals surface area contributed by atoms with Crippen LogP contribution in [0.15, 0.2) is 4.99 Å². The van der Waals surface area contributed by atoms with Crippen molar-refractivity contribution in [3.63, 3.8) is 0 Å². The SMILES string of the molecule is CN=C(NCCCOC(C)C)NC(C)Cc1c(C)nn(C)c1C.I. The van der Waals surface area contributed by atoms with Crippen molar-refractivity contribution in [3.05, 3.63) is 17.0 Å². The Labute approximate surface area is 163 Å². The summed E-state index contributed by atoms with van der Waals surface area (Å²) in [6.07, 6.45) is 2.19. The molecule has 1 heterocycles. The summed E-state index contributed by atoms with van der Waals surface area (Å²) in [6.45, 7) is 12.1. The van der Waals surface area contributed by atoms with Crippen LogP contribution >= 0.6 is 24.0 Å². The van der Waals surface area contributed by atoms with Gasteiger partial charge in [-0.2, -0.15) is 5.10 Å². The lowest BCUT2D eigenvalue weighted by molar-refractivity contribution is 0.0776. The first-order valence-electron chi connectivity index (χ1n) is 8.43. The van der Waals surface area contributed by atoms with Gasteiger partial charge in [-0.05, 0) is 53.0 Å². The molecule has 0 fully saturated rings. The summed E-state index contributed by atoms with van der Waals surface area (Å²) in [6, 6.07) is 0.287. The molecule has 1 atom stereocenters. The second-order valence-electron chi connectivity index (χ2n) is 6.29. The van der Waals surface area contributed by atoms with Gasteiger partial charge in [0.1, 0.15) is 0 Å². The van der Waals surface area contributed by atoms with E-state index in [2.05, 4.69) is 55.3 Å². The Morgan fingerprint density at radius 2 is 1.96 bits per heavy atom. The van der Waals surface area contributed by atoms with Crippen LogP contribution in [0.4, 0.5) is 0 Å². The summed E-state index contributed by atoms with van der Waals surface area (Å²) in [5.41, 5.74) is 3.64. The molecule has 0 saturated heterocycles. The number of nitrogens with one attached hydrogen (secondary N) is 2. The number of halogens is 1. The Kier molecular flexibility index (Phi) is 11.3. The van der Waals surface area contributed by atoms with Crippen LogP contribution < -0.4 is 10.6 Å². The zero-order chi connectivity index (χ0) is 17.4. The lowest BCUT2D eigenvalue weighted by Crippen LogP contribution is -2.43. The highest BCUT2D eigenvalue weighted by Gasteiger charge is 2.13. The average molecular weight is 451 g/mol. The maximum Gasteiger partial charge on any atom is 0.191 e. The Morgan fingerprint density at radius 3 is 2.46 bits per heavy atom. The van der Waals surface area contributed by atoms with Crippen molar-refractivity contribution in [1.29, 1.82) is 0 Å². The lowest BCUT2D eigenvalue weighted by Gasteiger charge is -2.18. The highest BCUT2D eigenvalue weighted by molar-refractivity contribution is 14.0. The third-order valence-electron chi connectivity index (χ3n) is 3.84. The third kappa shape index (κ3) is 7.83. The van der Waals surface area contributed by atoms with Gasteiger partial charge in [0.2, 0.25) is 0 Å². The number of rotatable bonds is 8. The Bertz CT molecular complexity index is 513. The van der Waals surface area contributed by atoms with Crippen molar-refractivity contribution in [1.82, 2.24) is 20.4 Å². The Balaban J connectivity index is 0.00000529. The number of ether oxygens (including phenoxy) is 1. The molecule has 24 heavy (non-hydrogen) atoms. The molecule has 0 amide bonds. The van der Waals surface area contributed by atoms with Gasteiger partial charge >= 0.3 is 0 Å². The number of aliphatic imine (C=N–C) groups is 1. The van der Waals surface area contributed by atoms with Crippen molar-refractivity contribution in [2.75, 3.05) is 20.2 Å². The molecule has 0 aliphatic carbocycles. The highest BCUT2D eigenvalue weighted by atomic mass is 127. The molecule has 0 spiro atoms. The van der Waals surface area contributed by atoms with Gasteiger partial charge in [0, 0.05) is 39.0 Å². The van der Waals surface area contributed by atoms with Crippen LogP contribution in [0, 0.1) is 13.8 Å². The largest absolute Gasteiger partial charge is 0.379 e. The second-order valence-corrected chi connectivity index (χ2v) is 6.29. The van der Waals surface area contributed by atoms with Gasteiger partial charge in [-0.15, -0.1) is 24.0 Å². The minimum Gasteiger partial charge on any atom is -0.379 e. The summed E-state index contributed by atoms with van der Waals surface area (Å²) in [5, 5.41) is 11.2. The van der Waals surface area contributed by atoms with Crippen LogP contribution in [0.2, 0.25) is 0 Å². The van der Waals surface area contributed by atoms with Crippen LogP contribution in [0.5, 0.6) is 0 Å². The van der Waals surface area contributed by atoms with Gasteiger partial charge in [0.25, 0.3) is 0 Å². The topological polar surface area (TPSA) is 63.5 Å². The first kappa shape index (κ1) is 23.2. The van der Waals surface area contributed by atoms with Crippen LogP contribution in [0.25, 0.3) is 0 Å². The minimum absolute atomic E-state index is 0. The maximum absolute atomic E-state index is 5.54. The summed E-state index contributed by atoms with van der Waals surface area (Å²) in [4.78, 5) is 4.29. The van der Waals surface area contributed by atoms with Crippen LogP contribution in [0.1, 0.15) is 44.1 Å². The summed E-state index contributed by atoms with van der Waals surface area (Å²) in [7, 11) is 3.79. The lowest BCUT2D eigenvalue weighted by atomic mass is 10.1. The first-order chi connectivity index (χ1) is 10.8. The number of guanidine groups is 1. The maximum atomic E-state index is 5.54. The van der Waals surface area contributed by atoms with E-state index < -0.39 is 0 Å². The van der Waals surface area contributed by atoms with Gasteiger partial charge in [0.05, 0.1) is 11.8 Å². The quantitative estimate of drug-likeness (QED) is 0.276. The third-order valence-corrected chi connectivity index (χ3v) is 3.84. The standard InChI is InChI=1S/C17H33N5O.HI/c1-12(2)23-10-8-9-19-17(18-6)20-13(3)11-16-14(4)21-22(7)15(16)5;/h12-13H,8-11H2,1-7H3,(H2,18,19,20);1H. The van der Waals surface area contributed by atoms with E-state index in [1.165, 1.54) is 11.3 Å². The predicted octanol–water partition coefficient (Wildman–Crippen LogP) is 2.57. The number of hydrogen-bond donors (Lipinski definition) is 2. The first-order valence-corrected chi connectivity index (χ1v) is 8.43. The van der Waals surface area contributed by atoms with E-state index in [1.807, 2.05) is 11.7 Å². The van der Waals surface area contributed by atoms with E-state index in [4.69, 9.17) is 4.74 Å². The molecule has 0 bridgehead atoms. The van der Waals surface area contributed by atoms with Crippen molar-refractivity contribution >= 4 is 29.9 Å².